The summed E-state index contributed by atoms with van der Waals surface area (Å²) in [4.78, 5) is 34.5. The van der Waals surface area contributed by atoms with Crippen LogP contribution >= 0.6 is 11.8 Å². The van der Waals surface area contributed by atoms with Crippen LogP contribution in [0.15, 0.2) is 53.4 Å². The smallest absolute Gasteiger partial charge is 0.321 e. The quantitative estimate of drug-likeness (QED) is 0.290. The molecule has 0 bridgehead atoms. The van der Waals surface area contributed by atoms with Crippen LogP contribution in [-0.2, 0) is 14.3 Å². The summed E-state index contributed by atoms with van der Waals surface area (Å²) in [5.74, 6) is -0.692. The highest BCUT2D eigenvalue weighted by Crippen LogP contribution is 2.41. The lowest BCUT2D eigenvalue weighted by molar-refractivity contribution is -0.153. The lowest BCUT2D eigenvalue weighted by Crippen LogP contribution is -2.50. The van der Waals surface area contributed by atoms with Crippen molar-refractivity contribution >= 4 is 40.6 Å². The minimum Gasteiger partial charge on any atom is -0.465 e. The van der Waals surface area contributed by atoms with Gasteiger partial charge in [-0.25, -0.2) is 4.98 Å². The molecule has 0 aliphatic carbocycles. The molecule has 0 unspecified atom stereocenters. The first kappa shape index (κ1) is 22.4. The molecular formula is C25H29N3O3S. The van der Waals surface area contributed by atoms with E-state index in [1.165, 1.54) is 0 Å². The molecule has 4 rings (SSSR count). The molecule has 0 N–H and O–H groups in total. The molecule has 1 aliphatic rings. The van der Waals surface area contributed by atoms with E-state index in [9.17, 15) is 9.59 Å². The Labute approximate surface area is 193 Å². The molecule has 1 amide bonds. The number of rotatable bonds is 7. The summed E-state index contributed by atoms with van der Waals surface area (Å²) in [7, 11) is 0. The van der Waals surface area contributed by atoms with Crippen LogP contribution in [0.4, 0.5) is 5.95 Å². The second kappa shape index (κ2) is 9.36. The Morgan fingerprint density at radius 3 is 2.53 bits per heavy atom. The van der Waals surface area contributed by atoms with Crippen LogP contribution in [-0.4, -0.2) is 40.8 Å². The van der Waals surface area contributed by atoms with Crippen molar-refractivity contribution in [2.45, 2.75) is 38.1 Å². The van der Waals surface area contributed by atoms with Crippen LogP contribution in [0.25, 0.3) is 11.0 Å². The third-order valence-electron chi connectivity index (χ3n) is 5.87. The highest BCUT2D eigenvalue weighted by atomic mass is 32.2. The summed E-state index contributed by atoms with van der Waals surface area (Å²) < 4.78 is 7.45. The molecule has 7 heteroatoms. The number of imidazole rings is 1. The van der Waals surface area contributed by atoms with Gasteiger partial charge in [0.05, 0.1) is 23.7 Å². The van der Waals surface area contributed by atoms with Crippen LogP contribution in [0.3, 0.4) is 0 Å². The molecule has 0 fully saturated rings. The molecule has 2 atom stereocenters. The van der Waals surface area contributed by atoms with E-state index in [1.807, 2.05) is 59.4 Å². The predicted molar refractivity (Wildman–Crippen MR) is 128 cm³/mol. The van der Waals surface area contributed by atoms with E-state index in [0.29, 0.717) is 18.4 Å². The summed E-state index contributed by atoms with van der Waals surface area (Å²) in [6.45, 7) is 6.74. The van der Waals surface area contributed by atoms with Crippen LogP contribution < -0.4 is 4.90 Å². The van der Waals surface area contributed by atoms with Gasteiger partial charge in [0, 0.05) is 11.4 Å². The maximum Gasteiger partial charge on any atom is 0.321 e. The number of amides is 1. The van der Waals surface area contributed by atoms with Gasteiger partial charge < -0.3 is 9.30 Å². The van der Waals surface area contributed by atoms with Crippen molar-refractivity contribution in [2.75, 3.05) is 24.3 Å². The summed E-state index contributed by atoms with van der Waals surface area (Å²) >= 11 is 1.65. The van der Waals surface area contributed by atoms with Gasteiger partial charge in [0.25, 0.3) is 0 Å². The number of thioether (sulfide) groups is 1. The van der Waals surface area contributed by atoms with E-state index in [4.69, 9.17) is 9.72 Å². The number of hydrogen-bond acceptors (Lipinski definition) is 5. The van der Waals surface area contributed by atoms with Crippen LogP contribution in [0, 0.1) is 11.8 Å². The van der Waals surface area contributed by atoms with Crippen molar-refractivity contribution in [3.63, 3.8) is 0 Å². The van der Waals surface area contributed by atoms with E-state index in [0.717, 1.165) is 27.9 Å². The Bertz CT molecular complexity index is 1120. The normalized spacial score (nSPS) is 18.3. The topological polar surface area (TPSA) is 64.4 Å². The number of aromatic nitrogens is 2. The van der Waals surface area contributed by atoms with E-state index in [-0.39, 0.29) is 12.5 Å². The third kappa shape index (κ3) is 4.01. The van der Waals surface area contributed by atoms with Gasteiger partial charge in [-0.05, 0) is 55.3 Å². The largest absolute Gasteiger partial charge is 0.465 e. The SMILES string of the molecule is CCOC(=O)[C@@H]1C(=O)N(CCC(C)C)c2nc3ccccc3n2[C@H]1c1ccc(SC)cc1. The molecule has 0 saturated heterocycles. The molecule has 2 heterocycles. The summed E-state index contributed by atoms with van der Waals surface area (Å²) in [5, 5.41) is 0. The van der Waals surface area contributed by atoms with Crippen LogP contribution in [0.2, 0.25) is 0 Å². The van der Waals surface area contributed by atoms with Crippen molar-refractivity contribution < 1.29 is 14.3 Å². The monoisotopic (exact) mass is 451 g/mol. The summed E-state index contributed by atoms with van der Waals surface area (Å²) in [6.07, 6.45) is 2.84. The highest BCUT2D eigenvalue weighted by Gasteiger charge is 2.47. The lowest BCUT2D eigenvalue weighted by atomic mass is 9.89. The second-order valence-electron chi connectivity index (χ2n) is 8.39. The molecule has 32 heavy (non-hydrogen) atoms. The van der Waals surface area contributed by atoms with Crippen molar-refractivity contribution in [3.05, 3.63) is 54.1 Å². The summed E-state index contributed by atoms with van der Waals surface area (Å²) in [5.41, 5.74) is 2.60. The average Bonchev–Trinajstić information content (AvgIpc) is 3.17. The number of ether oxygens (including phenoxy) is 1. The molecule has 0 spiro atoms. The number of para-hydroxylation sites is 2. The number of carbonyl (C=O) groups excluding carboxylic acids is 2. The molecule has 6 nitrogen and oxygen atoms in total. The average molecular weight is 452 g/mol. The molecule has 1 aliphatic heterocycles. The molecule has 3 aromatic rings. The van der Waals surface area contributed by atoms with Gasteiger partial charge in [0.1, 0.15) is 0 Å². The zero-order valence-corrected chi connectivity index (χ0v) is 19.8. The van der Waals surface area contributed by atoms with Crippen molar-refractivity contribution in [1.82, 2.24) is 9.55 Å². The maximum absolute atomic E-state index is 13.8. The first-order valence-electron chi connectivity index (χ1n) is 11.0. The minimum absolute atomic E-state index is 0.226. The fraction of sp³-hybridized carbons (Fsp3) is 0.400. The Hall–Kier alpha value is -2.80. The van der Waals surface area contributed by atoms with E-state index < -0.39 is 17.9 Å². The number of hydrogen-bond donors (Lipinski definition) is 0. The first-order chi connectivity index (χ1) is 15.5. The van der Waals surface area contributed by atoms with Gasteiger partial charge >= 0.3 is 5.97 Å². The Balaban J connectivity index is 1.94. The molecule has 168 valence electrons. The lowest BCUT2D eigenvalue weighted by Gasteiger charge is -2.38. The fourth-order valence-electron chi connectivity index (χ4n) is 4.25. The number of fused-ring (bicyclic) bond motifs is 3. The van der Waals surface area contributed by atoms with Crippen LogP contribution in [0.5, 0.6) is 0 Å². The fourth-order valence-corrected chi connectivity index (χ4v) is 4.66. The molecular weight excluding hydrogens is 422 g/mol. The van der Waals surface area contributed by atoms with E-state index in [2.05, 4.69) is 13.8 Å². The molecule has 0 radical (unpaired) electrons. The molecule has 0 saturated carbocycles. The first-order valence-corrected chi connectivity index (χ1v) is 12.3. The van der Waals surface area contributed by atoms with Gasteiger partial charge in [0.2, 0.25) is 11.9 Å². The molecule has 1 aromatic heterocycles. The minimum atomic E-state index is -0.965. The van der Waals surface area contributed by atoms with Gasteiger partial charge in [-0.1, -0.05) is 38.1 Å². The van der Waals surface area contributed by atoms with Gasteiger partial charge in [0.15, 0.2) is 5.92 Å². The maximum atomic E-state index is 13.8. The molecule has 2 aromatic carbocycles. The van der Waals surface area contributed by atoms with Crippen LogP contribution in [0.1, 0.15) is 38.8 Å². The van der Waals surface area contributed by atoms with Gasteiger partial charge in [-0.3, -0.25) is 14.5 Å². The number of carbonyl (C=O) groups is 2. The summed E-state index contributed by atoms with van der Waals surface area (Å²) in [6, 6.07) is 15.4. The number of esters is 1. The van der Waals surface area contributed by atoms with Gasteiger partial charge in [-0.2, -0.15) is 0 Å². The zero-order valence-electron chi connectivity index (χ0n) is 18.9. The Kier molecular flexibility index (Phi) is 6.55. The zero-order chi connectivity index (χ0) is 22.8. The highest BCUT2D eigenvalue weighted by molar-refractivity contribution is 7.98. The van der Waals surface area contributed by atoms with Crippen molar-refractivity contribution in [2.24, 2.45) is 11.8 Å². The standard InChI is InChI=1S/C25H29N3O3S/c1-5-31-24(30)21-22(17-10-12-18(32-4)13-11-17)28-20-9-7-6-8-19(20)26-25(28)27(23(21)29)15-14-16(2)3/h6-13,16,21-22H,5,14-15H2,1-4H3/t21-,22-/m0/s1. The van der Waals surface area contributed by atoms with E-state index in [1.54, 1.807) is 23.6 Å². The Morgan fingerprint density at radius 1 is 1.16 bits per heavy atom. The Morgan fingerprint density at radius 2 is 1.88 bits per heavy atom. The van der Waals surface area contributed by atoms with Crippen molar-refractivity contribution in [1.29, 1.82) is 0 Å². The second-order valence-corrected chi connectivity index (χ2v) is 9.27. The van der Waals surface area contributed by atoms with E-state index >= 15 is 0 Å². The number of anilines is 1. The van der Waals surface area contributed by atoms with Gasteiger partial charge in [-0.15, -0.1) is 11.8 Å². The predicted octanol–water partition coefficient (Wildman–Crippen LogP) is 4.92. The number of nitrogens with zero attached hydrogens (tertiary/aromatic N) is 3. The third-order valence-corrected chi connectivity index (χ3v) is 6.62. The number of benzene rings is 2. The van der Waals surface area contributed by atoms with Crippen molar-refractivity contribution in [3.8, 4) is 0 Å².